The molecular formula is C14H23N5O. The maximum Gasteiger partial charge on any atom is 0.242 e. The van der Waals surface area contributed by atoms with E-state index in [1.54, 1.807) is 18.5 Å². The molecule has 1 saturated heterocycles. The Labute approximate surface area is 120 Å². The van der Waals surface area contributed by atoms with Crippen LogP contribution in [0, 0.1) is 0 Å². The van der Waals surface area contributed by atoms with E-state index >= 15 is 0 Å². The quantitative estimate of drug-likeness (QED) is 0.874. The van der Waals surface area contributed by atoms with Crippen LogP contribution in [0.4, 0.5) is 5.95 Å². The lowest BCUT2D eigenvalue weighted by Gasteiger charge is -2.39. The summed E-state index contributed by atoms with van der Waals surface area (Å²) in [5.41, 5.74) is 5.47. The number of nitrogens with zero attached hydrogens (tertiary/aromatic N) is 4. The number of amides is 1. The van der Waals surface area contributed by atoms with Crippen LogP contribution in [0.1, 0.15) is 26.7 Å². The Morgan fingerprint density at radius 1 is 1.20 bits per heavy atom. The summed E-state index contributed by atoms with van der Waals surface area (Å²) in [6.07, 6.45) is 4.81. The minimum atomic E-state index is -0.717. The molecule has 1 aliphatic rings. The average molecular weight is 277 g/mol. The highest BCUT2D eigenvalue weighted by atomic mass is 16.2. The SMILES string of the molecule is CCC(N)(CC)C(=O)N1CCN(c2ncccn2)CC1. The molecule has 6 nitrogen and oxygen atoms in total. The standard InChI is InChI=1S/C14H23N5O/c1-3-14(15,4-2)12(20)18-8-10-19(11-9-18)13-16-6-5-7-17-13/h5-7H,3-4,8-11,15H2,1-2H3. The maximum atomic E-state index is 12.5. The first-order valence-electron chi connectivity index (χ1n) is 7.21. The molecule has 0 radical (unpaired) electrons. The number of aromatic nitrogens is 2. The molecule has 1 aliphatic heterocycles. The number of piperazine rings is 1. The molecule has 0 saturated carbocycles. The van der Waals surface area contributed by atoms with Crippen LogP contribution in [-0.4, -0.2) is 52.5 Å². The van der Waals surface area contributed by atoms with Gasteiger partial charge in [-0.05, 0) is 18.9 Å². The minimum absolute atomic E-state index is 0.0659. The number of carbonyl (C=O) groups is 1. The van der Waals surface area contributed by atoms with Crippen LogP contribution >= 0.6 is 0 Å². The summed E-state index contributed by atoms with van der Waals surface area (Å²) < 4.78 is 0. The third kappa shape index (κ3) is 2.90. The van der Waals surface area contributed by atoms with Gasteiger partial charge in [-0.3, -0.25) is 4.79 Å². The van der Waals surface area contributed by atoms with Gasteiger partial charge in [0.1, 0.15) is 0 Å². The Bertz CT molecular complexity index is 438. The fourth-order valence-electron chi connectivity index (χ4n) is 2.43. The highest BCUT2D eigenvalue weighted by molar-refractivity contribution is 5.86. The zero-order valence-corrected chi connectivity index (χ0v) is 12.2. The van der Waals surface area contributed by atoms with E-state index in [0.29, 0.717) is 25.9 Å². The van der Waals surface area contributed by atoms with Crippen molar-refractivity contribution in [2.75, 3.05) is 31.1 Å². The van der Waals surface area contributed by atoms with Crippen LogP contribution in [0.2, 0.25) is 0 Å². The molecule has 2 heterocycles. The number of hydrogen-bond donors (Lipinski definition) is 1. The first-order chi connectivity index (χ1) is 9.60. The van der Waals surface area contributed by atoms with Crippen LogP contribution in [0.15, 0.2) is 18.5 Å². The summed E-state index contributed by atoms with van der Waals surface area (Å²) in [5, 5.41) is 0. The molecule has 0 aromatic carbocycles. The van der Waals surface area contributed by atoms with E-state index < -0.39 is 5.54 Å². The van der Waals surface area contributed by atoms with Crippen LogP contribution in [-0.2, 0) is 4.79 Å². The van der Waals surface area contributed by atoms with E-state index in [-0.39, 0.29) is 5.91 Å². The molecule has 0 atom stereocenters. The summed E-state index contributed by atoms with van der Waals surface area (Å²) >= 11 is 0. The maximum absolute atomic E-state index is 12.5. The Balaban J connectivity index is 1.96. The molecule has 2 rings (SSSR count). The van der Waals surface area contributed by atoms with Crippen molar-refractivity contribution in [1.29, 1.82) is 0 Å². The number of anilines is 1. The molecular weight excluding hydrogens is 254 g/mol. The second kappa shape index (κ2) is 6.17. The monoisotopic (exact) mass is 277 g/mol. The Morgan fingerprint density at radius 2 is 1.75 bits per heavy atom. The molecule has 1 fully saturated rings. The molecule has 20 heavy (non-hydrogen) atoms. The van der Waals surface area contributed by atoms with Crippen molar-refractivity contribution >= 4 is 11.9 Å². The van der Waals surface area contributed by atoms with E-state index in [2.05, 4.69) is 14.9 Å². The highest BCUT2D eigenvalue weighted by Crippen LogP contribution is 2.17. The van der Waals surface area contributed by atoms with Gasteiger partial charge in [0, 0.05) is 38.6 Å². The molecule has 110 valence electrons. The molecule has 1 aromatic rings. The van der Waals surface area contributed by atoms with E-state index in [1.165, 1.54) is 0 Å². The summed E-state index contributed by atoms with van der Waals surface area (Å²) in [6, 6.07) is 1.80. The topological polar surface area (TPSA) is 75.4 Å². The Morgan fingerprint density at radius 3 is 2.25 bits per heavy atom. The summed E-state index contributed by atoms with van der Waals surface area (Å²) in [6.45, 7) is 6.79. The second-order valence-electron chi connectivity index (χ2n) is 5.19. The van der Waals surface area contributed by atoms with Crippen molar-refractivity contribution in [3.63, 3.8) is 0 Å². The van der Waals surface area contributed by atoms with E-state index in [1.807, 2.05) is 18.7 Å². The lowest BCUT2D eigenvalue weighted by atomic mass is 9.92. The zero-order valence-electron chi connectivity index (χ0n) is 12.2. The lowest BCUT2D eigenvalue weighted by Crippen LogP contribution is -2.59. The van der Waals surface area contributed by atoms with Gasteiger partial charge in [0.2, 0.25) is 11.9 Å². The molecule has 0 bridgehead atoms. The number of hydrogen-bond acceptors (Lipinski definition) is 5. The van der Waals surface area contributed by atoms with Gasteiger partial charge in [0.15, 0.2) is 0 Å². The van der Waals surface area contributed by atoms with E-state index in [0.717, 1.165) is 19.0 Å². The highest BCUT2D eigenvalue weighted by Gasteiger charge is 2.35. The largest absolute Gasteiger partial charge is 0.338 e. The predicted molar refractivity (Wildman–Crippen MR) is 78.3 cm³/mol. The van der Waals surface area contributed by atoms with Crippen LogP contribution < -0.4 is 10.6 Å². The minimum Gasteiger partial charge on any atom is -0.338 e. The van der Waals surface area contributed by atoms with Gasteiger partial charge < -0.3 is 15.5 Å². The molecule has 6 heteroatoms. The van der Waals surface area contributed by atoms with Crippen molar-refractivity contribution in [1.82, 2.24) is 14.9 Å². The Kier molecular flexibility index (Phi) is 4.54. The van der Waals surface area contributed by atoms with Gasteiger partial charge in [-0.1, -0.05) is 13.8 Å². The fourth-order valence-corrected chi connectivity index (χ4v) is 2.43. The van der Waals surface area contributed by atoms with Crippen molar-refractivity contribution < 1.29 is 4.79 Å². The van der Waals surface area contributed by atoms with Crippen molar-refractivity contribution in [3.8, 4) is 0 Å². The molecule has 1 aromatic heterocycles. The third-order valence-corrected chi connectivity index (χ3v) is 4.09. The fraction of sp³-hybridized carbons (Fsp3) is 0.643. The first-order valence-corrected chi connectivity index (χ1v) is 7.21. The van der Waals surface area contributed by atoms with Gasteiger partial charge in [-0.15, -0.1) is 0 Å². The van der Waals surface area contributed by atoms with Crippen molar-refractivity contribution in [3.05, 3.63) is 18.5 Å². The summed E-state index contributed by atoms with van der Waals surface area (Å²) in [4.78, 5) is 24.9. The third-order valence-electron chi connectivity index (χ3n) is 4.09. The zero-order chi connectivity index (χ0) is 14.6. The van der Waals surface area contributed by atoms with Crippen LogP contribution in [0.3, 0.4) is 0 Å². The smallest absolute Gasteiger partial charge is 0.242 e. The normalized spacial score (nSPS) is 16.4. The van der Waals surface area contributed by atoms with Gasteiger partial charge in [-0.2, -0.15) is 0 Å². The van der Waals surface area contributed by atoms with Crippen LogP contribution in [0.25, 0.3) is 0 Å². The molecule has 0 unspecified atom stereocenters. The van der Waals surface area contributed by atoms with Crippen molar-refractivity contribution in [2.45, 2.75) is 32.2 Å². The summed E-state index contributed by atoms with van der Waals surface area (Å²) in [7, 11) is 0. The van der Waals surface area contributed by atoms with Gasteiger partial charge in [0.05, 0.1) is 5.54 Å². The van der Waals surface area contributed by atoms with Crippen molar-refractivity contribution in [2.24, 2.45) is 5.73 Å². The Hall–Kier alpha value is -1.69. The molecule has 0 aliphatic carbocycles. The average Bonchev–Trinajstić information content (AvgIpc) is 2.54. The first kappa shape index (κ1) is 14.7. The number of nitrogens with two attached hydrogens (primary N) is 1. The molecule has 1 amide bonds. The predicted octanol–water partition coefficient (Wildman–Crippen LogP) is 0.643. The second-order valence-corrected chi connectivity index (χ2v) is 5.19. The van der Waals surface area contributed by atoms with Gasteiger partial charge in [0.25, 0.3) is 0 Å². The molecule has 0 spiro atoms. The number of rotatable bonds is 4. The summed E-state index contributed by atoms with van der Waals surface area (Å²) in [5.74, 6) is 0.792. The van der Waals surface area contributed by atoms with E-state index in [4.69, 9.17) is 5.73 Å². The van der Waals surface area contributed by atoms with Gasteiger partial charge >= 0.3 is 0 Å². The lowest BCUT2D eigenvalue weighted by molar-refractivity contribution is -0.137. The van der Waals surface area contributed by atoms with Gasteiger partial charge in [-0.25, -0.2) is 9.97 Å². The van der Waals surface area contributed by atoms with Crippen LogP contribution in [0.5, 0.6) is 0 Å². The molecule has 2 N–H and O–H groups in total. The van der Waals surface area contributed by atoms with E-state index in [9.17, 15) is 4.79 Å². The number of carbonyl (C=O) groups excluding carboxylic acids is 1.